The number of nitrogens with zero attached hydrogens (tertiary/aromatic N) is 1. The van der Waals surface area contributed by atoms with E-state index in [9.17, 15) is 0 Å². The molecule has 0 bridgehead atoms. The van der Waals surface area contributed by atoms with Crippen LogP contribution in [0.5, 0.6) is 0 Å². The number of hydrogen-bond donors (Lipinski definition) is 1. The summed E-state index contributed by atoms with van der Waals surface area (Å²) in [7, 11) is 1.74. The molecule has 1 unspecified atom stereocenters. The summed E-state index contributed by atoms with van der Waals surface area (Å²) in [6, 6.07) is 8.76. The summed E-state index contributed by atoms with van der Waals surface area (Å²) in [5.74, 6) is 0. The number of hydrogen-bond acceptors (Lipinski definition) is 3. The van der Waals surface area contributed by atoms with Crippen molar-refractivity contribution in [1.82, 2.24) is 0 Å². The van der Waals surface area contributed by atoms with Gasteiger partial charge in [0.15, 0.2) is 0 Å². The van der Waals surface area contributed by atoms with Gasteiger partial charge in [-0.05, 0) is 31.5 Å². The molecule has 1 atom stereocenters. The molecule has 3 nitrogen and oxygen atoms in total. The Morgan fingerprint density at radius 1 is 1.44 bits per heavy atom. The van der Waals surface area contributed by atoms with Gasteiger partial charge in [-0.25, -0.2) is 0 Å². The molecule has 2 N–H and O–H groups in total. The quantitative estimate of drug-likeness (QED) is 0.800. The van der Waals surface area contributed by atoms with Gasteiger partial charge in [-0.15, -0.1) is 0 Å². The van der Waals surface area contributed by atoms with E-state index in [1.54, 1.807) is 7.11 Å². The molecular weight excluding hydrogens is 200 g/mol. The number of methoxy groups -OCH3 is 1. The Labute approximate surface area is 98.2 Å². The molecule has 1 aromatic carbocycles. The lowest BCUT2D eigenvalue weighted by Crippen LogP contribution is -2.36. The number of nitrogens with two attached hydrogens (primary N) is 1. The second-order valence-corrected chi connectivity index (χ2v) is 3.96. The third-order valence-electron chi connectivity index (χ3n) is 2.76. The Morgan fingerprint density at radius 2 is 2.19 bits per heavy atom. The van der Waals surface area contributed by atoms with Gasteiger partial charge in [0.25, 0.3) is 0 Å². The number of rotatable bonds is 6. The van der Waals surface area contributed by atoms with Gasteiger partial charge in [0.1, 0.15) is 0 Å². The van der Waals surface area contributed by atoms with Crippen molar-refractivity contribution in [2.75, 3.05) is 25.2 Å². The first-order valence-corrected chi connectivity index (χ1v) is 5.77. The largest absolute Gasteiger partial charge is 0.383 e. The van der Waals surface area contributed by atoms with Crippen molar-refractivity contribution in [2.45, 2.75) is 26.4 Å². The van der Waals surface area contributed by atoms with Crippen LogP contribution in [0.4, 0.5) is 5.69 Å². The van der Waals surface area contributed by atoms with Gasteiger partial charge in [-0.1, -0.05) is 12.1 Å². The highest BCUT2D eigenvalue weighted by molar-refractivity contribution is 5.49. The van der Waals surface area contributed by atoms with E-state index in [1.165, 1.54) is 11.3 Å². The van der Waals surface area contributed by atoms with Crippen LogP contribution in [0.2, 0.25) is 0 Å². The molecule has 0 aromatic heterocycles. The first kappa shape index (κ1) is 13.0. The van der Waals surface area contributed by atoms with Crippen LogP contribution in [-0.2, 0) is 11.3 Å². The van der Waals surface area contributed by atoms with Crippen molar-refractivity contribution in [2.24, 2.45) is 5.73 Å². The van der Waals surface area contributed by atoms with Crippen molar-refractivity contribution in [3.63, 3.8) is 0 Å². The van der Waals surface area contributed by atoms with Crippen LogP contribution in [0.3, 0.4) is 0 Å². The zero-order valence-corrected chi connectivity index (χ0v) is 10.4. The normalized spacial score (nSPS) is 12.5. The third kappa shape index (κ3) is 3.22. The van der Waals surface area contributed by atoms with Gasteiger partial charge in [0, 0.05) is 31.9 Å². The van der Waals surface area contributed by atoms with Crippen LogP contribution >= 0.6 is 0 Å². The average molecular weight is 222 g/mol. The molecule has 90 valence electrons. The second kappa shape index (κ2) is 6.51. The molecule has 3 heteroatoms. The van der Waals surface area contributed by atoms with Crippen LogP contribution in [-0.4, -0.2) is 26.3 Å². The summed E-state index contributed by atoms with van der Waals surface area (Å²) in [5.41, 5.74) is 8.04. The van der Waals surface area contributed by atoms with Gasteiger partial charge in [0.05, 0.1) is 6.61 Å². The molecule has 0 radical (unpaired) electrons. The minimum atomic E-state index is 0.378. The molecule has 0 aliphatic rings. The Kier molecular flexibility index (Phi) is 5.29. The fraction of sp³-hybridized carbons (Fsp3) is 0.538. The van der Waals surface area contributed by atoms with Gasteiger partial charge < -0.3 is 15.4 Å². The summed E-state index contributed by atoms with van der Waals surface area (Å²) >= 11 is 0. The number of anilines is 1. The molecule has 0 saturated heterocycles. The summed E-state index contributed by atoms with van der Waals surface area (Å²) < 4.78 is 5.20. The van der Waals surface area contributed by atoms with E-state index in [1.807, 2.05) is 0 Å². The molecule has 0 heterocycles. The average Bonchev–Trinajstić information content (AvgIpc) is 2.31. The highest BCUT2D eigenvalue weighted by Crippen LogP contribution is 2.18. The molecule has 1 rings (SSSR count). The maximum atomic E-state index is 5.65. The number of benzene rings is 1. The molecule has 1 aromatic rings. The molecule has 0 aliphatic carbocycles. The van der Waals surface area contributed by atoms with Crippen LogP contribution in [0.1, 0.15) is 19.4 Å². The lowest BCUT2D eigenvalue weighted by molar-refractivity contribution is 0.182. The molecule has 0 spiro atoms. The topological polar surface area (TPSA) is 38.5 Å². The van der Waals surface area contributed by atoms with Crippen molar-refractivity contribution >= 4 is 5.69 Å². The van der Waals surface area contributed by atoms with E-state index >= 15 is 0 Å². The summed E-state index contributed by atoms with van der Waals surface area (Å²) in [6.45, 7) is 6.62. The van der Waals surface area contributed by atoms with Crippen LogP contribution in [0.25, 0.3) is 0 Å². The standard InChI is InChI=1S/C13H22N2O/c1-4-15(11(2)10-16-3)13-7-5-6-12(8-13)9-14/h5-8,11H,4,9-10,14H2,1-3H3. The molecule has 16 heavy (non-hydrogen) atoms. The van der Waals surface area contributed by atoms with Gasteiger partial charge >= 0.3 is 0 Å². The zero-order valence-electron chi connectivity index (χ0n) is 10.4. The molecule has 0 saturated carbocycles. The zero-order chi connectivity index (χ0) is 12.0. The Hall–Kier alpha value is -1.06. The maximum Gasteiger partial charge on any atom is 0.0663 e. The molecule has 0 aliphatic heterocycles. The van der Waals surface area contributed by atoms with Crippen molar-refractivity contribution in [1.29, 1.82) is 0 Å². The monoisotopic (exact) mass is 222 g/mol. The minimum absolute atomic E-state index is 0.378. The third-order valence-corrected chi connectivity index (χ3v) is 2.76. The van der Waals surface area contributed by atoms with Gasteiger partial charge in [0.2, 0.25) is 0 Å². The fourth-order valence-electron chi connectivity index (χ4n) is 1.94. The Bertz CT molecular complexity index is 315. The predicted octanol–water partition coefficient (Wildman–Crippen LogP) is 2.01. The van der Waals surface area contributed by atoms with Crippen LogP contribution in [0.15, 0.2) is 24.3 Å². The highest BCUT2D eigenvalue weighted by atomic mass is 16.5. The summed E-state index contributed by atoms with van der Waals surface area (Å²) in [6.07, 6.45) is 0. The first-order chi connectivity index (χ1) is 7.72. The lowest BCUT2D eigenvalue weighted by atomic mass is 10.1. The van der Waals surface area contributed by atoms with E-state index in [-0.39, 0.29) is 0 Å². The summed E-state index contributed by atoms with van der Waals surface area (Å²) in [5, 5.41) is 0. The fourth-order valence-corrected chi connectivity index (χ4v) is 1.94. The maximum absolute atomic E-state index is 5.65. The Morgan fingerprint density at radius 3 is 2.75 bits per heavy atom. The van der Waals surface area contributed by atoms with Crippen LogP contribution < -0.4 is 10.6 Å². The molecule has 0 fully saturated rings. The minimum Gasteiger partial charge on any atom is -0.383 e. The van der Waals surface area contributed by atoms with E-state index in [4.69, 9.17) is 10.5 Å². The van der Waals surface area contributed by atoms with E-state index in [0.29, 0.717) is 12.6 Å². The van der Waals surface area contributed by atoms with Crippen molar-refractivity contribution in [3.8, 4) is 0 Å². The smallest absolute Gasteiger partial charge is 0.0663 e. The highest BCUT2D eigenvalue weighted by Gasteiger charge is 2.12. The summed E-state index contributed by atoms with van der Waals surface area (Å²) in [4.78, 5) is 2.32. The predicted molar refractivity (Wildman–Crippen MR) is 68.7 cm³/mol. The van der Waals surface area contributed by atoms with Gasteiger partial charge in [-0.3, -0.25) is 0 Å². The molecular formula is C13H22N2O. The first-order valence-electron chi connectivity index (χ1n) is 5.77. The second-order valence-electron chi connectivity index (χ2n) is 3.96. The number of likely N-dealkylation sites (N-methyl/N-ethyl adjacent to an activating group) is 1. The van der Waals surface area contributed by atoms with E-state index in [0.717, 1.165) is 13.2 Å². The molecule has 0 amide bonds. The van der Waals surface area contributed by atoms with E-state index in [2.05, 4.69) is 43.0 Å². The van der Waals surface area contributed by atoms with Crippen molar-refractivity contribution < 1.29 is 4.74 Å². The van der Waals surface area contributed by atoms with Gasteiger partial charge in [-0.2, -0.15) is 0 Å². The number of ether oxygens (including phenoxy) is 1. The van der Waals surface area contributed by atoms with Crippen LogP contribution in [0, 0.1) is 0 Å². The SMILES string of the molecule is CCN(c1cccc(CN)c1)C(C)COC. The Balaban J connectivity index is 2.85. The lowest BCUT2D eigenvalue weighted by Gasteiger charge is -2.30. The van der Waals surface area contributed by atoms with E-state index < -0.39 is 0 Å². The van der Waals surface area contributed by atoms with Crippen molar-refractivity contribution in [3.05, 3.63) is 29.8 Å².